The lowest BCUT2D eigenvalue weighted by Crippen LogP contribution is -2.44. The minimum Gasteiger partial charge on any atom is -0.480 e. The average molecular weight is 245 g/mol. The molecule has 1 heterocycles. The number of nitrogens with zero attached hydrogens (tertiary/aromatic N) is 1. The number of carboxylic acids is 1. The molecule has 0 bridgehead atoms. The molecule has 2 atom stereocenters. The molecule has 1 saturated heterocycles. The Bertz CT molecular complexity index is 270. The van der Waals surface area contributed by atoms with Gasteiger partial charge in [-0.3, -0.25) is 4.79 Å². The van der Waals surface area contributed by atoms with Crippen molar-refractivity contribution in [3.63, 3.8) is 0 Å². The molecule has 0 aromatic heterocycles. The van der Waals surface area contributed by atoms with Crippen molar-refractivity contribution in [2.75, 3.05) is 11.6 Å². The number of unbranched alkanes of at least 4 members (excludes halogenated alkanes) is 1. The molecule has 1 amide bonds. The molecule has 1 rings (SSSR count). The molecule has 0 saturated carbocycles. The van der Waals surface area contributed by atoms with Gasteiger partial charge in [0.25, 0.3) is 0 Å². The van der Waals surface area contributed by atoms with E-state index in [9.17, 15) is 9.59 Å². The Hall–Kier alpha value is -0.710. The second-order valence-corrected chi connectivity index (χ2v) is 5.21. The zero-order chi connectivity index (χ0) is 12.1. The summed E-state index contributed by atoms with van der Waals surface area (Å²) in [6, 6.07) is -0.624. The van der Waals surface area contributed by atoms with Crippen molar-refractivity contribution in [3.05, 3.63) is 0 Å². The summed E-state index contributed by atoms with van der Waals surface area (Å²) in [6.45, 7) is 3.98. The summed E-state index contributed by atoms with van der Waals surface area (Å²) in [5, 5.41) is 8.98. The van der Waals surface area contributed by atoms with Gasteiger partial charge in [-0.15, -0.1) is 11.8 Å². The van der Waals surface area contributed by atoms with Crippen LogP contribution in [0, 0.1) is 5.92 Å². The molecule has 1 unspecified atom stereocenters. The van der Waals surface area contributed by atoms with Crippen molar-refractivity contribution in [2.24, 2.45) is 5.92 Å². The van der Waals surface area contributed by atoms with E-state index in [0.717, 1.165) is 19.3 Å². The van der Waals surface area contributed by atoms with Crippen LogP contribution < -0.4 is 0 Å². The second kappa shape index (κ2) is 6.13. The molecule has 5 heteroatoms. The SMILES string of the molecule is CCCCC(C)C(=O)N1CSC[C@@H]1C(=O)O. The van der Waals surface area contributed by atoms with E-state index in [1.165, 1.54) is 16.7 Å². The summed E-state index contributed by atoms with van der Waals surface area (Å²) in [4.78, 5) is 24.5. The van der Waals surface area contributed by atoms with Crippen LogP contribution in [0.4, 0.5) is 0 Å². The van der Waals surface area contributed by atoms with Gasteiger partial charge in [0.05, 0.1) is 5.88 Å². The molecule has 0 radical (unpaired) electrons. The molecule has 1 fully saturated rings. The Labute approximate surface area is 100 Å². The Kier molecular flexibility index (Phi) is 5.12. The highest BCUT2D eigenvalue weighted by molar-refractivity contribution is 7.99. The number of carbonyl (C=O) groups is 2. The minimum absolute atomic E-state index is 0.00847. The first-order valence-corrected chi connectivity index (χ1v) is 6.84. The molecule has 92 valence electrons. The van der Waals surface area contributed by atoms with E-state index >= 15 is 0 Å². The number of thioether (sulfide) groups is 1. The Balaban J connectivity index is 2.55. The molecule has 0 spiro atoms. The molecule has 1 N–H and O–H groups in total. The van der Waals surface area contributed by atoms with Crippen molar-refractivity contribution < 1.29 is 14.7 Å². The lowest BCUT2D eigenvalue weighted by Gasteiger charge is -2.23. The summed E-state index contributed by atoms with van der Waals surface area (Å²) in [6.07, 6.45) is 2.93. The van der Waals surface area contributed by atoms with Crippen LogP contribution in [-0.2, 0) is 9.59 Å². The Morgan fingerprint density at radius 1 is 1.56 bits per heavy atom. The van der Waals surface area contributed by atoms with Gasteiger partial charge in [-0.25, -0.2) is 4.79 Å². The van der Waals surface area contributed by atoms with Crippen LogP contribution in [0.2, 0.25) is 0 Å². The highest BCUT2D eigenvalue weighted by atomic mass is 32.2. The van der Waals surface area contributed by atoms with Crippen molar-refractivity contribution >= 4 is 23.6 Å². The van der Waals surface area contributed by atoms with Gasteiger partial charge in [0, 0.05) is 11.7 Å². The molecule has 1 aliphatic rings. The summed E-state index contributed by atoms with van der Waals surface area (Å²) in [5.74, 6) is 0.0841. The monoisotopic (exact) mass is 245 g/mol. The third-order valence-corrected chi connectivity index (χ3v) is 3.87. The predicted molar refractivity (Wildman–Crippen MR) is 64.3 cm³/mol. The van der Waals surface area contributed by atoms with E-state index in [1.54, 1.807) is 0 Å². The number of hydrogen-bond donors (Lipinski definition) is 1. The van der Waals surface area contributed by atoms with E-state index < -0.39 is 12.0 Å². The van der Waals surface area contributed by atoms with Gasteiger partial charge in [0.15, 0.2) is 0 Å². The van der Waals surface area contributed by atoms with E-state index in [-0.39, 0.29) is 11.8 Å². The number of aliphatic carboxylic acids is 1. The first-order valence-electron chi connectivity index (χ1n) is 5.69. The van der Waals surface area contributed by atoms with Crippen molar-refractivity contribution in [1.82, 2.24) is 4.90 Å². The molecular weight excluding hydrogens is 226 g/mol. The normalized spacial score (nSPS) is 22.1. The van der Waals surface area contributed by atoms with Crippen LogP contribution in [0.3, 0.4) is 0 Å². The van der Waals surface area contributed by atoms with Crippen LogP contribution in [0.1, 0.15) is 33.1 Å². The van der Waals surface area contributed by atoms with Crippen LogP contribution >= 0.6 is 11.8 Å². The van der Waals surface area contributed by atoms with Crippen LogP contribution in [-0.4, -0.2) is 39.6 Å². The average Bonchev–Trinajstić information content (AvgIpc) is 2.73. The number of rotatable bonds is 5. The van der Waals surface area contributed by atoms with Gasteiger partial charge in [-0.2, -0.15) is 0 Å². The van der Waals surface area contributed by atoms with Gasteiger partial charge in [-0.1, -0.05) is 26.7 Å². The largest absolute Gasteiger partial charge is 0.480 e. The van der Waals surface area contributed by atoms with Gasteiger partial charge in [0.1, 0.15) is 6.04 Å². The maximum absolute atomic E-state index is 12.0. The highest BCUT2D eigenvalue weighted by Gasteiger charge is 2.35. The van der Waals surface area contributed by atoms with Crippen LogP contribution in [0.15, 0.2) is 0 Å². The van der Waals surface area contributed by atoms with E-state index in [1.807, 2.05) is 6.92 Å². The van der Waals surface area contributed by atoms with E-state index in [4.69, 9.17) is 5.11 Å². The summed E-state index contributed by atoms with van der Waals surface area (Å²) < 4.78 is 0. The molecule has 0 aliphatic carbocycles. The first kappa shape index (κ1) is 13.4. The third-order valence-electron chi connectivity index (χ3n) is 2.86. The fourth-order valence-corrected chi connectivity index (χ4v) is 2.94. The van der Waals surface area contributed by atoms with Gasteiger partial charge < -0.3 is 10.0 Å². The third kappa shape index (κ3) is 3.14. The quantitative estimate of drug-likeness (QED) is 0.802. The standard InChI is InChI=1S/C11H19NO3S/c1-3-4-5-8(2)10(13)12-7-16-6-9(12)11(14)15/h8-9H,3-7H2,1-2H3,(H,14,15)/t8?,9-/m1/s1. The Morgan fingerprint density at radius 3 is 2.81 bits per heavy atom. The number of amides is 1. The maximum atomic E-state index is 12.0. The highest BCUT2D eigenvalue weighted by Crippen LogP contribution is 2.24. The number of carboxylic acid groups (broad SMARTS) is 1. The maximum Gasteiger partial charge on any atom is 0.327 e. The molecule has 0 aromatic carbocycles. The van der Waals surface area contributed by atoms with Crippen molar-refractivity contribution in [3.8, 4) is 0 Å². The van der Waals surface area contributed by atoms with Crippen molar-refractivity contribution in [2.45, 2.75) is 39.2 Å². The van der Waals surface area contributed by atoms with Gasteiger partial charge in [-0.05, 0) is 6.42 Å². The zero-order valence-corrected chi connectivity index (χ0v) is 10.6. The van der Waals surface area contributed by atoms with Gasteiger partial charge >= 0.3 is 5.97 Å². The lowest BCUT2D eigenvalue weighted by atomic mass is 10.0. The molecule has 1 aliphatic heterocycles. The summed E-state index contributed by atoms with van der Waals surface area (Å²) in [5.41, 5.74) is 0. The second-order valence-electron chi connectivity index (χ2n) is 4.21. The van der Waals surface area contributed by atoms with Crippen LogP contribution in [0.25, 0.3) is 0 Å². The minimum atomic E-state index is -0.888. The topological polar surface area (TPSA) is 57.6 Å². The number of carbonyl (C=O) groups excluding carboxylic acids is 1. The van der Waals surface area contributed by atoms with Crippen LogP contribution in [0.5, 0.6) is 0 Å². The summed E-state index contributed by atoms with van der Waals surface area (Å²) >= 11 is 1.51. The summed E-state index contributed by atoms with van der Waals surface area (Å²) in [7, 11) is 0. The smallest absolute Gasteiger partial charge is 0.327 e. The first-order chi connectivity index (χ1) is 7.57. The predicted octanol–water partition coefficient (Wildman–Crippen LogP) is 1.80. The van der Waals surface area contributed by atoms with Gasteiger partial charge in [0.2, 0.25) is 5.91 Å². The van der Waals surface area contributed by atoms with E-state index in [0.29, 0.717) is 11.6 Å². The molecule has 16 heavy (non-hydrogen) atoms. The van der Waals surface area contributed by atoms with E-state index in [2.05, 4.69) is 6.92 Å². The fraction of sp³-hybridized carbons (Fsp3) is 0.818. The molecule has 4 nitrogen and oxygen atoms in total. The number of hydrogen-bond acceptors (Lipinski definition) is 3. The molecular formula is C11H19NO3S. The fourth-order valence-electron chi connectivity index (χ4n) is 1.78. The van der Waals surface area contributed by atoms with Crippen molar-refractivity contribution in [1.29, 1.82) is 0 Å². The zero-order valence-electron chi connectivity index (χ0n) is 9.81. The Morgan fingerprint density at radius 2 is 2.25 bits per heavy atom. The lowest BCUT2D eigenvalue weighted by molar-refractivity contribution is -0.149. The molecule has 0 aromatic rings.